The summed E-state index contributed by atoms with van der Waals surface area (Å²) in [5.74, 6) is -1.39. The fraction of sp³-hybridized carbons (Fsp3) is 0.130. The highest BCUT2D eigenvalue weighted by Gasteiger charge is 2.18. The summed E-state index contributed by atoms with van der Waals surface area (Å²) in [5, 5.41) is 4.74. The van der Waals surface area contributed by atoms with Gasteiger partial charge in [-0.1, -0.05) is 48.0 Å². The van der Waals surface area contributed by atoms with Crippen molar-refractivity contribution in [1.82, 2.24) is 5.32 Å². The number of ether oxygens (including phenoxy) is 1. The quantitative estimate of drug-likeness (QED) is 0.456. The minimum absolute atomic E-state index is 0.348. The molecule has 29 heavy (non-hydrogen) atoms. The number of carbonyl (C=O) groups excluding carboxylic acids is 2. The first-order valence-electron chi connectivity index (χ1n) is 9.01. The van der Waals surface area contributed by atoms with Crippen LogP contribution in [-0.4, -0.2) is 18.5 Å². The van der Waals surface area contributed by atoms with Crippen molar-refractivity contribution in [3.8, 4) is 0 Å². The monoisotopic (exact) mass is 409 g/mol. The standard InChI is InChI=1S/C23H20FNO3S/c1-16-4-6-17(7-5-16)8-13-22(27)28-15-21(26)25-23(20-3-2-14-29-20)18-9-11-19(24)12-10-18/h2-14,23H,15H2,1H3,(H,25,26)/b13-8+/t23-/m0/s1. The molecule has 0 aliphatic heterocycles. The number of amides is 1. The lowest BCUT2D eigenvalue weighted by molar-refractivity contribution is -0.143. The zero-order valence-corrected chi connectivity index (χ0v) is 16.6. The van der Waals surface area contributed by atoms with E-state index in [1.807, 2.05) is 48.7 Å². The fourth-order valence-corrected chi connectivity index (χ4v) is 3.46. The van der Waals surface area contributed by atoms with Crippen LogP contribution in [0.1, 0.15) is 27.6 Å². The summed E-state index contributed by atoms with van der Waals surface area (Å²) in [6.07, 6.45) is 2.92. The molecular weight excluding hydrogens is 389 g/mol. The molecule has 0 saturated heterocycles. The van der Waals surface area contributed by atoms with Crippen molar-refractivity contribution in [2.45, 2.75) is 13.0 Å². The molecule has 1 heterocycles. The molecule has 1 N–H and O–H groups in total. The first kappa shape index (κ1) is 20.5. The zero-order valence-electron chi connectivity index (χ0n) is 15.8. The highest BCUT2D eigenvalue weighted by Crippen LogP contribution is 2.26. The Balaban J connectivity index is 1.58. The first-order valence-corrected chi connectivity index (χ1v) is 9.89. The van der Waals surface area contributed by atoms with Gasteiger partial charge in [0.1, 0.15) is 5.82 Å². The number of halogens is 1. The van der Waals surface area contributed by atoms with E-state index in [0.717, 1.165) is 21.6 Å². The maximum atomic E-state index is 13.2. The lowest BCUT2D eigenvalue weighted by Gasteiger charge is -2.18. The van der Waals surface area contributed by atoms with Gasteiger partial charge in [0.05, 0.1) is 6.04 Å². The van der Waals surface area contributed by atoms with Crippen LogP contribution in [0.15, 0.2) is 72.1 Å². The molecule has 2 aromatic carbocycles. The molecule has 0 bridgehead atoms. The molecule has 1 aromatic heterocycles. The van der Waals surface area contributed by atoms with Crippen molar-refractivity contribution in [3.05, 3.63) is 99.5 Å². The normalized spacial score (nSPS) is 11.9. The minimum atomic E-state index is -0.602. The predicted molar refractivity (Wildman–Crippen MR) is 112 cm³/mol. The predicted octanol–water partition coefficient (Wildman–Crippen LogP) is 4.66. The van der Waals surface area contributed by atoms with E-state index in [1.54, 1.807) is 18.2 Å². The van der Waals surface area contributed by atoms with E-state index < -0.39 is 24.5 Å². The molecule has 0 spiro atoms. The summed E-state index contributed by atoms with van der Waals surface area (Å²) in [7, 11) is 0. The van der Waals surface area contributed by atoms with Crippen molar-refractivity contribution in [2.24, 2.45) is 0 Å². The molecule has 1 amide bonds. The summed E-state index contributed by atoms with van der Waals surface area (Å²) >= 11 is 1.48. The van der Waals surface area contributed by atoms with Gasteiger partial charge in [0.15, 0.2) is 6.61 Å². The lowest BCUT2D eigenvalue weighted by atomic mass is 10.1. The van der Waals surface area contributed by atoms with Gasteiger partial charge in [-0.15, -0.1) is 11.3 Å². The van der Waals surface area contributed by atoms with E-state index in [2.05, 4.69) is 5.32 Å². The van der Waals surface area contributed by atoms with Gasteiger partial charge in [0.2, 0.25) is 0 Å². The maximum Gasteiger partial charge on any atom is 0.331 e. The molecule has 0 saturated carbocycles. The number of aryl methyl sites for hydroxylation is 1. The Morgan fingerprint density at radius 1 is 1.10 bits per heavy atom. The van der Waals surface area contributed by atoms with Crippen molar-refractivity contribution in [3.63, 3.8) is 0 Å². The Morgan fingerprint density at radius 3 is 2.48 bits per heavy atom. The molecule has 0 fully saturated rings. The number of hydrogen-bond acceptors (Lipinski definition) is 4. The highest BCUT2D eigenvalue weighted by molar-refractivity contribution is 7.10. The number of carbonyl (C=O) groups is 2. The van der Waals surface area contributed by atoms with Crippen LogP contribution in [-0.2, 0) is 14.3 Å². The number of benzene rings is 2. The number of hydrogen-bond donors (Lipinski definition) is 1. The second-order valence-electron chi connectivity index (χ2n) is 6.42. The second-order valence-corrected chi connectivity index (χ2v) is 7.40. The van der Waals surface area contributed by atoms with E-state index >= 15 is 0 Å². The smallest absolute Gasteiger partial charge is 0.331 e. The number of nitrogens with one attached hydrogen (secondary N) is 1. The summed E-state index contributed by atoms with van der Waals surface area (Å²) in [5.41, 5.74) is 2.74. The molecule has 1 atom stereocenters. The molecule has 0 aliphatic rings. The molecule has 3 aromatic rings. The molecule has 4 nitrogen and oxygen atoms in total. The van der Waals surface area contributed by atoms with Crippen LogP contribution in [0.2, 0.25) is 0 Å². The highest BCUT2D eigenvalue weighted by atomic mass is 32.1. The van der Waals surface area contributed by atoms with E-state index in [1.165, 1.54) is 29.5 Å². The third-order valence-corrected chi connectivity index (χ3v) is 5.11. The van der Waals surface area contributed by atoms with E-state index in [0.29, 0.717) is 0 Å². The largest absolute Gasteiger partial charge is 0.452 e. The maximum absolute atomic E-state index is 13.2. The van der Waals surface area contributed by atoms with Gasteiger partial charge in [-0.2, -0.15) is 0 Å². The Hall–Kier alpha value is -3.25. The Bertz CT molecular complexity index is 980. The van der Waals surface area contributed by atoms with Crippen molar-refractivity contribution < 1.29 is 18.7 Å². The average molecular weight is 409 g/mol. The SMILES string of the molecule is Cc1ccc(/C=C/C(=O)OCC(=O)N[C@@H](c2ccc(F)cc2)c2cccs2)cc1. The Morgan fingerprint density at radius 2 is 1.83 bits per heavy atom. The van der Waals surface area contributed by atoms with Crippen molar-refractivity contribution >= 4 is 29.3 Å². The Kier molecular flexibility index (Phi) is 6.92. The summed E-state index contributed by atoms with van der Waals surface area (Å²) in [6, 6.07) is 16.9. The summed E-state index contributed by atoms with van der Waals surface area (Å²) in [6.45, 7) is 1.58. The molecule has 148 valence electrons. The molecular formula is C23H20FNO3S. The van der Waals surface area contributed by atoms with E-state index in [-0.39, 0.29) is 5.82 Å². The number of thiophene rings is 1. The third-order valence-electron chi connectivity index (χ3n) is 4.17. The van der Waals surface area contributed by atoms with Gasteiger partial charge < -0.3 is 10.1 Å². The van der Waals surface area contributed by atoms with Crippen molar-refractivity contribution in [1.29, 1.82) is 0 Å². The third kappa shape index (κ3) is 6.12. The van der Waals surface area contributed by atoms with E-state index in [4.69, 9.17) is 4.74 Å². The Labute approximate surface area is 172 Å². The number of rotatable bonds is 7. The van der Waals surface area contributed by atoms with Crippen LogP contribution in [0, 0.1) is 12.7 Å². The van der Waals surface area contributed by atoms with Gasteiger partial charge in [-0.05, 0) is 47.7 Å². The van der Waals surface area contributed by atoms with Crippen LogP contribution in [0.5, 0.6) is 0 Å². The zero-order chi connectivity index (χ0) is 20.6. The molecule has 0 radical (unpaired) electrons. The van der Waals surface area contributed by atoms with Gasteiger partial charge in [0, 0.05) is 11.0 Å². The molecule has 6 heteroatoms. The summed E-state index contributed by atoms with van der Waals surface area (Å²) in [4.78, 5) is 25.1. The van der Waals surface area contributed by atoms with Crippen LogP contribution >= 0.6 is 11.3 Å². The van der Waals surface area contributed by atoms with Gasteiger partial charge in [-0.3, -0.25) is 4.79 Å². The fourth-order valence-electron chi connectivity index (χ4n) is 2.66. The average Bonchev–Trinajstić information content (AvgIpc) is 3.25. The topological polar surface area (TPSA) is 55.4 Å². The van der Waals surface area contributed by atoms with Gasteiger partial charge >= 0.3 is 5.97 Å². The van der Waals surface area contributed by atoms with Gasteiger partial charge in [-0.25, -0.2) is 9.18 Å². The minimum Gasteiger partial charge on any atom is -0.452 e. The van der Waals surface area contributed by atoms with Gasteiger partial charge in [0.25, 0.3) is 5.91 Å². The van der Waals surface area contributed by atoms with E-state index in [9.17, 15) is 14.0 Å². The molecule has 3 rings (SSSR count). The van der Waals surface area contributed by atoms with Crippen molar-refractivity contribution in [2.75, 3.05) is 6.61 Å². The number of esters is 1. The second kappa shape index (κ2) is 9.80. The van der Waals surface area contributed by atoms with Crippen LogP contribution < -0.4 is 5.32 Å². The molecule has 0 aliphatic carbocycles. The molecule has 0 unspecified atom stereocenters. The van der Waals surface area contributed by atoms with Crippen LogP contribution in [0.3, 0.4) is 0 Å². The first-order chi connectivity index (χ1) is 14.0. The van der Waals surface area contributed by atoms with Crippen LogP contribution in [0.25, 0.3) is 6.08 Å². The lowest BCUT2D eigenvalue weighted by Crippen LogP contribution is -2.32. The summed E-state index contributed by atoms with van der Waals surface area (Å²) < 4.78 is 18.3. The van der Waals surface area contributed by atoms with Crippen LogP contribution in [0.4, 0.5) is 4.39 Å².